The Kier molecular flexibility index (Phi) is 4.30. The van der Waals surface area contributed by atoms with E-state index in [1.807, 2.05) is 18.2 Å². The molecular formula is C14H20ClNO. The minimum atomic E-state index is 0.178. The Hall–Kier alpha value is -0.730. The van der Waals surface area contributed by atoms with Crippen molar-refractivity contribution in [1.82, 2.24) is 0 Å². The van der Waals surface area contributed by atoms with Gasteiger partial charge in [0.1, 0.15) is 5.75 Å². The average molecular weight is 254 g/mol. The zero-order chi connectivity index (χ0) is 12.3. The van der Waals surface area contributed by atoms with Crippen LogP contribution < -0.4 is 10.5 Å². The summed E-state index contributed by atoms with van der Waals surface area (Å²) in [7, 11) is 0. The summed E-state index contributed by atoms with van der Waals surface area (Å²) < 4.78 is 5.85. The van der Waals surface area contributed by atoms with Crippen molar-refractivity contribution < 1.29 is 4.74 Å². The van der Waals surface area contributed by atoms with Gasteiger partial charge in [-0.1, -0.05) is 18.5 Å². The van der Waals surface area contributed by atoms with Crippen LogP contribution in [0.25, 0.3) is 0 Å². The SMILES string of the molecule is CCC(N)Cc1cc(Cl)ccc1OCC1CC1. The number of rotatable bonds is 6. The fourth-order valence-corrected chi connectivity index (χ4v) is 1.96. The van der Waals surface area contributed by atoms with Gasteiger partial charge in [0.05, 0.1) is 6.61 Å². The van der Waals surface area contributed by atoms with Crippen LogP contribution in [-0.2, 0) is 6.42 Å². The molecule has 1 atom stereocenters. The summed E-state index contributed by atoms with van der Waals surface area (Å²) in [5.41, 5.74) is 7.13. The second kappa shape index (κ2) is 5.74. The molecule has 0 spiro atoms. The van der Waals surface area contributed by atoms with E-state index < -0.39 is 0 Å². The fraction of sp³-hybridized carbons (Fsp3) is 0.571. The van der Waals surface area contributed by atoms with Crippen molar-refractivity contribution in [1.29, 1.82) is 0 Å². The molecule has 1 fully saturated rings. The van der Waals surface area contributed by atoms with Gasteiger partial charge < -0.3 is 10.5 Å². The van der Waals surface area contributed by atoms with Gasteiger partial charge in [0.25, 0.3) is 0 Å². The van der Waals surface area contributed by atoms with Gasteiger partial charge in [-0.3, -0.25) is 0 Å². The molecule has 17 heavy (non-hydrogen) atoms. The van der Waals surface area contributed by atoms with Crippen molar-refractivity contribution in [2.24, 2.45) is 11.7 Å². The molecule has 2 nitrogen and oxygen atoms in total. The third kappa shape index (κ3) is 3.90. The first-order valence-electron chi connectivity index (χ1n) is 6.36. The topological polar surface area (TPSA) is 35.2 Å². The minimum absolute atomic E-state index is 0.178. The molecule has 0 saturated heterocycles. The molecule has 0 radical (unpaired) electrons. The van der Waals surface area contributed by atoms with Gasteiger partial charge >= 0.3 is 0 Å². The van der Waals surface area contributed by atoms with Crippen LogP contribution in [0, 0.1) is 5.92 Å². The molecule has 1 saturated carbocycles. The molecule has 1 aromatic carbocycles. The maximum Gasteiger partial charge on any atom is 0.122 e. The van der Waals surface area contributed by atoms with Crippen molar-refractivity contribution in [2.75, 3.05) is 6.61 Å². The average Bonchev–Trinajstić information content (AvgIpc) is 3.12. The Balaban J connectivity index is 2.05. The summed E-state index contributed by atoms with van der Waals surface area (Å²) in [4.78, 5) is 0. The Bertz CT molecular complexity index is 376. The van der Waals surface area contributed by atoms with Crippen LogP contribution in [0.1, 0.15) is 31.7 Å². The molecule has 2 rings (SSSR count). The smallest absolute Gasteiger partial charge is 0.122 e. The molecule has 1 aliphatic rings. The van der Waals surface area contributed by atoms with E-state index in [4.69, 9.17) is 22.1 Å². The van der Waals surface area contributed by atoms with Crippen molar-refractivity contribution >= 4 is 11.6 Å². The van der Waals surface area contributed by atoms with E-state index in [0.29, 0.717) is 0 Å². The summed E-state index contributed by atoms with van der Waals surface area (Å²) in [5.74, 6) is 1.71. The second-order valence-electron chi connectivity index (χ2n) is 4.88. The van der Waals surface area contributed by atoms with E-state index in [2.05, 4.69) is 6.92 Å². The highest BCUT2D eigenvalue weighted by molar-refractivity contribution is 6.30. The second-order valence-corrected chi connectivity index (χ2v) is 5.32. The van der Waals surface area contributed by atoms with Crippen LogP contribution in [0.4, 0.5) is 0 Å². The Morgan fingerprint density at radius 1 is 1.47 bits per heavy atom. The van der Waals surface area contributed by atoms with E-state index in [1.165, 1.54) is 12.8 Å². The zero-order valence-electron chi connectivity index (χ0n) is 10.3. The molecule has 0 heterocycles. The molecule has 94 valence electrons. The number of nitrogens with two attached hydrogens (primary N) is 1. The van der Waals surface area contributed by atoms with Crippen LogP contribution in [-0.4, -0.2) is 12.6 Å². The molecule has 0 aliphatic heterocycles. The van der Waals surface area contributed by atoms with E-state index in [-0.39, 0.29) is 6.04 Å². The van der Waals surface area contributed by atoms with Gasteiger partial charge in [0.2, 0.25) is 0 Å². The maximum absolute atomic E-state index is 6.02. The lowest BCUT2D eigenvalue weighted by Gasteiger charge is -2.14. The lowest BCUT2D eigenvalue weighted by molar-refractivity contribution is 0.296. The van der Waals surface area contributed by atoms with E-state index in [1.54, 1.807) is 0 Å². The van der Waals surface area contributed by atoms with E-state index in [9.17, 15) is 0 Å². The number of halogens is 1. The first-order valence-corrected chi connectivity index (χ1v) is 6.73. The molecule has 0 aromatic heterocycles. The van der Waals surface area contributed by atoms with E-state index in [0.717, 1.165) is 41.7 Å². The quantitative estimate of drug-likeness (QED) is 0.843. The van der Waals surface area contributed by atoms with E-state index >= 15 is 0 Å². The highest BCUT2D eigenvalue weighted by Crippen LogP contribution is 2.31. The third-order valence-corrected chi connectivity index (χ3v) is 3.44. The predicted molar refractivity (Wildman–Crippen MR) is 71.6 cm³/mol. The number of ether oxygens (including phenoxy) is 1. The summed E-state index contributed by atoms with van der Waals surface area (Å²) in [6.07, 6.45) is 4.40. The lowest BCUT2D eigenvalue weighted by Crippen LogP contribution is -2.21. The Morgan fingerprint density at radius 2 is 2.24 bits per heavy atom. The van der Waals surface area contributed by atoms with Crippen molar-refractivity contribution in [2.45, 2.75) is 38.6 Å². The summed E-state index contributed by atoms with van der Waals surface area (Å²) in [5, 5.41) is 0.752. The number of hydrogen-bond acceptors (Lipinski definition) is 2. The standard InChI is InChI=1S/C14H20ClNO/c1-2-13(16)8-11-7-12(15)5-6-14(11)17-9-10-3-4-10/h5-7,10,13H,2-4,8-9,16H2,1H3. The Morgan fingerprint density at radius 3 is 2.88 bits per heavy atom. The Labute approximate surface area is 108 Å². The molecule has 0 bridgehead atoms. The van der Waals surface area contributed by atoms with Gasteiger partial charge in [-0.15, -0.1) is 0 Å². The molecule has 1 unspecified atom stereocenters. The number of hydrogen-bond donors (Lipinski definition) is 1. The van der Waals surface area contributed by atoms with Crippen LogP contribution in [0.15, 0.2) is 18.2 Å². The van der Waals surface area contributed by atoms with Gasteiger partial charge in [-0.2, -0.15) is 0 Å². The largest absolute Gasteiger partial charge is 0.493 e. The zero-order valence-corrected chi connectivity index (χ0v) is 11.0. The van der Waals surface area contributed by atoms with Crippen molar-refractivity contribution in [3.63, 3.8) is 0 Å². The molecule has 1 aromatic rings. The lowest BCUT2D eigenvalue weighted by atomic mass is 10.0. The summed E-state index contributed by atoms with van der Waals surface area (Å²) in [6.45, 7) is 2.93. The van der Waals surface area contributed by atoms with Crippen molar-refractivity contribution in [3.05, 3.63) is 28.8 Å². The highest BCUT2D eigenvalue weighted by atomic mass is 35.5. The van der Waals surface area contributed by atoms with Crippen LogP contribution in [0.3, 0.4) is 0 Å². The molecular weight excluding hydrogens is 234 g/mol. The van der Waals surface area contributed by atoms with Crippen molar-refractivity contribution in [3.8, 4) is 5.75 Å². The monoisotopic (exact) mass is 253 g/mol. The summed E-state index contributed by atoms with van der Waals surface area (Å²) >= 11 is 6.02. The van der Waals surface area contributed by atoms with Gasteiger partial charge in [0, 0.05) is 11.1 Å². The van der Waals surface area contributed by atoms with Gasteiger partial charge in [-0.05, 0) is 55.4 Å². The van der Waals surface area contributed by atoms with Gasteiger partial charge in [0.15, 0.2) is 0 Å². The third-order valence-electron chi connectivity index (χ3n) is 3.20. The molecule has 2 N–H and O–H groups in total. The number of benzene rings is 1. The maximum atomic E-state index is 6.02. The van der Waals surface area contributed by atoms with Crippen LogP contribution in [0.5, 0.6) is 5.75 Å². The van der Waals surface area contributed by atoms with Crippen LogP contribution in [0.2, 0.25) is 5.02 Å². The normalized spacial score (nSPS) is 16.9. The fourth-order valence-electron chi connectivity index (χ4n) is 1.77. The van der Waals surface area contributed by atoms with Gasteiger partial charge in [-0.25, -0.2) is 0 Å². The predicted octanol–water partition coefficient (Wildman–Crippen LogP) is 3.41. The summed E-state index contributed by atoms with van der Waals surface area (Å²) in [6, 6.07) is 5.99. The molecule has 3 heteroatoms. The first kappa shape index (κ1) is 12.7. The molecule has 1 aliphatic carbocycles. The molecule has 0 amide bonds. The highest BCUT2D eigenvalue weighted by Gasteiger charge is 2.22. The first-order chi connectivity index (χ1) is 8.19. The van der Waals surface area contributed by atoms with Crippen LogP contribution >= 0.6 is 11.6 Å². The minimum Gasteiger partial charge on any atom is -0.493 e.